The number of hydrogen-bond donors (Lipinski definition) is 1. The van der Waals surface area contributed by atoms with Gasteiger partial charge in [0.05, 0.1) is 28.1 Å². The molecular weight excluding hydrogens is 341 g/mol. The Morgan fingerprint density at radius 1 is 1.24 bits per heavy atom. The lowest BCUT2D eigenvalue weighted by Crippen LogP contribution is -2.32. The molecule has 116 valence electrons. The van der Waals surface area contributed by atoms with Crippen LogP contribution in [0.15, 0.2) is 12.1 Å². The summed E-state index contributed by atoms with van der Waals surface area (Å²) in [5.74, 6) is -1.44. The van der Waals surface area contributed by atoms with Crippen molar-refractivity contribution in [3.63, 3.8) is 0 Å². The van der Waals surface area contributed by atoms with Crippen molar-refractivity contribution in [2.75, 3.05) is 24.6 Å². The molecule has 0 bridgehead atoms. The van der Waals surface area contributed by atoms with Crippen molar-refractivity contribution in [3.05, 3.63) is 27.2 Å². The van der Waals surface area contributed by atoms with Gasteiger partial charge in [-0.05, 0) is 19.1 Å². The first kappa shape index (κ1) is 17.9. The number of carbonyl (C=O) groups excluding carboxylic acids is 1. The second-order valence-corrected chi connectivity index (χ2v) is 5.29. The van der Waals surface area contributed by atoms with E-state index in [-0.39, 0.29) is 41.2 Å². The Hall–Kier alpha value is -1.17. The van der Waals surface area contributed by atoms with Crippen molar-refractivity contribution in [1.29, 1.82) is 0 Å². The van der Waals surface area contributed by atoms with Crippen molar-refractivity contribution in [1.82, 2.24) is 0 Å². The standard InChI is InChI=1S/C13H14Cl3NO4/c1-2-21-12(20)3-4-17(7-11(18)19)8-5-9(14)13(16)10(15)6-8/h5-6H,2-4,7H2,1H3,(H,18,19). The fraction of sp³-hybridized carbons (Fsp3) is 0.385. The number of rotatable bonds is 7. The van der Waals surface area contributed by atoms with Crippen LogP contribution in [0.2, 0.25) is 15.1 Å². The van der Waals surface area contributed by atoms with Crippen molar-refractivity contribution >= 4 is 52.4 Å². The highest BCUT2D eigenvalue weighted by Crippen LogP contribution is 2.34. The summed E-state index contributed by atoms with van der Waals surface area (Å²) in [5, 5.41) is 9.58. The van der Waals surface area contributed by atoms with Gasteiger partial charge in [-0.25, -0.2) is 0 Å². The van der Waals surface area contributed by atoms with Gasteiger partial charge in [-0.3, -0.25) is 9.59 Å². The lowest BCUT2D eigenvalue weighted by atomic mass is 10.2. The number of carboxylic acids is 1. The van der Waals surface area contributed by atoms with Gasteiger partial charge in [0, 0.05) is 12.2 Å². The maximum atomic E-state index is 11.4. The average molecular weight is 355 g/mol. The van der Waals surface area contributed by atoms with Gasteiger partial charge in [-0.2, -0.15) is 0 Å². The van der Waals surface area contributed by atoms with Crippen LogP contribution in [0.3, 0.4) is 0 Å². The zero-order valence-corrected chi connectivity index (χ0v) is 13.5. The van der Waals surface area contributed by atoms with Gasteiger partial charge >= 0.3 is 11.9 Å². The average Bonchev–Trinajstić information content (AvgIpc) is 2.40. The molecule has 0 aliphatic carbocycles. The van der Waals surface area contributed by atoms with Crippen LogP contribution in [0.1, 0.15) is 13.3 Å². The number of carbonyl (C=O) groups is 2. The van der Waals surface area contributed by atoms with E-state index in [0.29, 0.717) is 5.69 Å². The molecule has 5 nitrogen and oxygen atoms in total. The maximum Gasteiger partial charge on any atom is 0.323 e. The second-order valence-electron chi connectivity index (χ2n) is 4.09. The molecule has 0 aliphatic rings. The number of benzene rings is 1. The van der Waals surface area contributed by atoms with Crippen LogP contribution in [0.4, 0.5) is 5.69 Å². The molecule has 0 radical (unpaired) electrons. The monoisotopic (exact) mass is 353 g/mol. The van der Waals surface area contributed by atoms with E-state index in [0.717, 1.165) is 0 Å². The van der Waals surface area contributed by atoms with Crippen LogP contribution >= 0.6 is 34.8 Å². The van der Waals surface area contributed by atoms with Crippen molar-refractivity contribution in [3.8, 4) is 0 Å². The predicted molar refractivity (Wildman–Crippen MR) is 82.6 cm³/mol. The molecule has 0 aliphatic heterocycles. The number of anilines is 1. The SMILES string of the molecule is CCOC(=O)CCN(CC(=O)O)c1cc(Cl)c(Cl)c(Cl)c1. The van der Waals surface area contributed by atoms with Gasteiger partial charge in [-0.15, -0.1) is 0 Å². The molecule has 21 heavy (non-hydrogen) atoms. The summed E-state index contributed by atoms with van der Waals surface area (Å²) in [6, 6.07) is 3.01. The summed E-state index contributed by atoms with van der Waals surface area (Å²) < 4.78 is 4.81. The highest BCUT2D eigenvalue weighted by molar-refractivity contribution is 6.48. The largest absolute Gasteiger partial charge is 0.480 e. The summed E-state index contributed by atoms with van der Waals surface area (Å²) in [6.07, 6.45) is 0.0545. The topological polar surface area (TPSA) is 66.8 Å². The van der Waals surface area contributed by atoms with E-state index >= 15 is 0 Å². The van der Waals surface area contributed by atoms with Crippen LogP contribution in [-0.2, 0) is 14.3 Å². The summed E-state index contributed by atoms with van der Waals surface area (Å²) in [4.78, 5) is 23.8. The maximum absolute atomic E-state index is 11.4. The van der Waals surface area contributed by atoms with Gasteiger partial charge < -0.3 is 14.7 Å². The molecule has 0 atom stereocenters. The Morgan fingerprint density at radius 2 is 1.81 bits per heavy atom. The summed E-state index contributed by atoms with van der Waals surface area (Å²) in [7, 11) is 0. The van der Waals surface area contributed by atoms with Crippen LogP contribution in [0.25, 0.3) is 0 Å². The zero-order valence-electron chi connectivity index (χ0n) is 11.2. The fourth-order valence-electron chi connectivity index (χ4n) is 1.65. The number of aliphatic carboxylic acids is 1. The first-order chi connectivity index (χ1) is 9.85. The molecule has 0 heterocycles. The molecule has 1 aromatic rings. The predicted octanol–water partition coefficient (Wildman–Crippen LogP) is 3.49. The second kappa shape index (κ2) is 8.32. The van der Waals surface area contributed by atoms with E-state index in [1.807, 2.05) is 0 Å². The molecule has 1 aromatic carbocycles. The van der Waals surface area contributed by atoms with Crippen molar-refractivity contribution in [2.24, 2.45) is 0 Å². The van der Waals surface area contributed by atoms with Gasteiger partial charge in [0.25, 0.3) is 0 Å². The van der Waals surface area contributed by atoms with Gasteiger partial charge in [-0.1, -0.05) is 34.8 Å². The molecule has 1 rings (SSSR count). The Labute approximate surface area is 137 Å². The van der Waals surface area contributed by atoms with Gasteiger partial charge in [0.15, 0.2) is 0 Å². The third-order valence-electron chi connectivity index (χ3n) is 2.55. The number of hydrogen-bond acceptors (Lipinski definition) is 4. The molecular formula is C13H14Cl3NO4. The third-order valence-corrected chi connectivity index (χ3v) is 3.75. The molecule has 0 aromatic heterocycles. The Bertz CT molecular complexity index is 513. The molecule has 0 spiro atoms. The number of nitrogens with zero attached hydrogens (tertiary/aromatic N) is 1. The lowest BCUT2D eigenvalue weighted by Gasteiger charge is -2.23. The first-order valence-corrected chi connectivity index (χ1v) is 7.25. The first-order valence-electron chi connectivity index (χ1n) is 6.12. The van der Waals surface area contributed by atoms with Crippen LogP contribution in [0.5, 0.6) is 0 Å². The molecule has 1 N–H and O–H groups in total. The van der Waals surface area contributed by atoms with E-state index in [1.165, 1.54) is 17.0 Å². The number of carboxylic acid groups (broad SMARTS) is 1. The van der Waals surface area contributed by atoms with Crippen LogP contribution < -0.4 is 4.90 Å². The minimum absolute atomic E-state index is 0.0545. The van der Waals surface area contributed by atoms with E-state index < -0.39 is 11.9 Å². The summed E-state index contributed by atoms with van der Waals surface area (Å²) in [5.41, 5.74) is 0.473. The highest BCUT2D eigenvalue weighted by Gasteiger charge is 2.16. The van der Waals surface area contributed by atoms with E-state index in [4.69, 9.17) is 44.6 Å². The molecule has 0 unspecified atom stereocenters. The molecule has 8 heteroatoms. The quantitative estimate of drug-likeness (QED) is 0.600. The zero-order chi connectivity index (χ0) is 16.0. The van der Waals surface area contributed by atoms with Gasteiger partial charge in [0.1, 0.15) is 6.54 Å². The van der Waals surface area contributed by atoms with Gasteiger partial charge in [0.2, 0.25) is 0 Å². The van der Waals surface area contributed by atoms with Crippen LogP contribution in [-0.4, -0.2) is 36.7 Å². The summed E-state index contributed by atoms with van der Waals surface area (Å²) in [6.45, 7) is 1.84. The minimum Gasteiger partial charge on any atom is -0.480 e. The minimum atomic E-state index is -1.04. The molecule has 0 saturated carbocycles. The van der Waals surface area contributed by atoms with Crippen LogP contribution in [0, 0.1) is 0 Å². The van der Waals surface area contributed by atoms with E-state index in [1.54, 1.807) is 6.92 Å². The molecule has 0 fully saturated rings. The van der Waals surface area contributed by atoms with Crippen molar-refractivity contribution < 1.29 is 19.4 Å². The Morgan fingerprint density at radius 3 is 2.29 bits per heavy atom. The number of ether oxygens (including phenoxy) is 1. The van der Waals surface area contributed by atoms with E-state index in [9.17, 15) is 9.59 Å². The number of esters is 1. The number of halogens is 3. The lowest BCUT2D eigenvalue weighted by molar-refractivity contribution is -0.143. The Balaban J connectivity index is 2.91. The molecule has 0 saturated heterocycles. The summed E-state index contributed by atoms with van der Waals surface area (Å²) >= 11 is 17.7. The Kier molecular flexibility index (Phi) is 7.08. The third kappa shape index (κ3) is 5.61. The molecule has 0 amide bonds. The van der Waals surface area contributed by atoms with Crippen molar-refractivity contribution in [2.45, 2.75) is 13.3 Å². The van der Waals surface area contributed by atoms with E-state index in [2.05, 4.69) is 0 Å². The highest BCUT2D eigenvalue weighted by atomic mass is 35.5. The fourth-order valence-corrected chi connectivity index (χ4v) is 2.23. The smallest absolute Gasteiger partial charge is 0.323 e. The normalized spacial score (nSPS) is 10.3.